The summed E-state index contributed by atoms with van der Waals surface area (Å²) in [7, 11) is 5.46. The Morgan fingerprint density at radius 3 is 1.89 bits per heavy atom. The van der Waals surface area contributed by atoms with E-state index in [1.54, 1.807) is 0 Å². The molecule has 0 aromatic heterocycles. The molecule has 0 fully saturated rings. The standard InChI is InChI=1S/C26H41N.C6H5N.ClH.V/c1-5-9-14-18-23(17-10-6-2)25(21-11-7-3)26(22-12-8-4)27-24-19-15-13-16-20-24;7-6-4-2-1-3-5-6;;/h13,15-16,19-20H,5-12,14,17,21-22H2,1-4H3;1-5H;1H;/q-2;;;+1/p-1/b26-25-;;;. The van der Waals surface area contributed by atoms with Crippen molar-refractivity contribution in [1.82, 2.24) is 0 Å². The van der Waals surface area contributed by atoms with Gasteiger partial charge in [0, 0.05) is 0 Å². The molecule has 0 aliphatic rings. The van der Waals surface area contributed by atoms with E-state index in [-0.39, 0.29) is 15.1 Å². The third-order valence-corrected chi connectivity index (χ3v) is 6.63. The van der Waals surface area contributed by atoms with Crippen LogP contribution in [0.5, 0.6) is 0 Å². The van der Waals surface area contributed by atoms with Crippen LogP contribution in [0.4, 0.5) is 11.4 Å². The molecule has 2 aromatic carbocycles. The van der Waals surface area contributed by atoms with Crippen LogP contribution in [-0.4, -0.2) is 0 Å². The molecule has 2 rings (SSSR count). The molecule has 0 amide bonds. The number of nitrogens with zero attached hydrogens (tertiary/aromatic N) is 2. The van der Waals surface area contributed by atoms with Crippen molar-refractivity contribution in [1.29, 1.82) is 0 Å². The molecule has 2 nitrogen and oxygen atoms in total. The second kappa shape index (κ2) is 22.6. The van der Waals surface area contributed by atoms with Crippen LogP contribution in [0.25, 0.3) is 5.32 Å². The number of hydrogen-bond donors (Lipinski definition) is 0. The van der Waals surface area contributed by atoms with Crippen molar-refractivity contribution >= 4 is 21.2 Å². The van der Waals surface area contributed by atoms with E-state index in [1.807, 2.05) is 30.3 Å². The molecule has 0 radical (unpaired) electrons. The molecule has 0 unspecified atom stereocenters. The number of hydrogen-bond acceptors (Lipinski definition) is 1. The molecule has 0 heterocycles. The van der Waals surface area contributed by atoms with Gasteiger partial charge in [0.25, 0.3) is 0 Å². The third kappa shape index (κ3) is 14.8. The molecule has 0 aliphatic carbocycles. The van der Waals surface area contributed by atoms with Crippen molar-refractivity contribution in [2.45, 2.75) is 105 Å². The molecule has 0 N–H and O–H groups in total. The summed E-state index contributed by atoms with van der Waals surface area (Å²) < 4.78 is 4.07. The zero-order valence-corrected chi connectivity index (χ0v) is 25.1. The predicted molar refractivity (Wildman–Crippen MR) is 156 cm³/mol. The van der Waals surface area contributed by atoms with Gasteiger partial charge in [-0.2, -0.15) is 0 Å². The first kappa shape index (κ1) is 32.4. The second-order valence-corrected chi connectivity index (χ2v) is 10.1. The summed E-state index contributed by atoms with van der Waals surface area (Å²) in [5.74, 6) is 0. The molecule has 0 saturated carbocycles. The van der Waals surface area contributed by atoms with Crippen LogP contribution >= 0.6 is 9.85 Å². The number of allylic oxidation sites excluding steroid dienone is 4. The first-order chi connectivity index (χ1) is 17.7. The van der Waals surface area contributed by atoms with Gasteiger partial charge in [-0.1, -0.05) is 129 Å². The Morgan fingerprint density at radius 1 is 0.750 bits per heavy atom. The van der Waals surface area contributed by atoms with Gasteiger partial charge in [0.15, 0.2) is 0 Å². The fourth-order valence-electron chi connectivity index (χ4n) is 3.75. The van der Waals surface area contributed by atoms with Crippen LogP contribution < -0.4 is 0 Å². The van der Waals surface area contributed by atoms with E-state index in [9.17, 15) is 0 Å². The van der Waals surface area contributed by atoms with E-state index >= 15 is 0 Å². The van der Waals surface area contributed by atoms with Crippen LogP contribution in [0.3, 0.4) is 0 Å². The topological polar surface area (TPSA) is 26.5 Å². The van der Waals surface area contributed by atoms with Crippen LogP contribution in [0.1, 0.15) is 105 Å². The number of halogens is 1. The van der Waals surface area contributed by atoms with Crippen molar-refractivity contribution in [2.75, 3.05) is 0 Å². The molecular weight excluding hydrogens is 499 g/mol. The van der Waals surface area contributed by atoms with E-state index in [0.717, 1.165) is 37.1 Å². The average Bonchev–Trinajstić information content (AvgIpc) is 2.91. The van der Waals surface area contributed by atoms with E-state index in [2.05, 4.69) is 67.9 Å². The van der Waals surface area contributed by atoms with Gasteiger partial charge in [0.05, 0.1) is 0 Å². The van der Waals surface area contributed by atoms with Gasteiger partial charge in [-0.15, -0.1) is 12.1 Å². The quantitative estimate of drug-likeness (QED) is 0.114. The Bertz CT molecular complexity index is 876. The number of benzene rings is 2. The van der Waals surface area contributed by atoms with Gasteiger partial charge in [-0.3, -0.25) is 6.08 Å². The predicted octanol–water partition coefficient (Wildman–Crippen LogP) is 12.2. The van der Waals surface area contributed by atoms with Gasteiger partial charge in [0.1, 0.15) is 0 Å². The van der Waals surface area contributed by atoms with Crippen LogP contribution in [0.2, 0.25) is 0 Å². The average molecular weight is 545 g/mol. The van der Waals surface area contributed by atoms with Crippen molar-refractivity contribution in [3.63, 3.8) is 0 Å². The Morgan fingerprint density at radius 2 is 1.31 bits per heavy atom. The van der Waals surface area contributed by atoms with Gasteiger partial charge in [0.2, 0.25) is 0 Å². The molecular formula is C32H46ClN2V-2. The van der Waals surface area contributed by atoms with Crippen molar-refractivity contribution in [2.24, 2.45) is 3.79 Å². The first-order valence-corrected chi connectivity index (χ1v) is 16.4. The second-order valence-electron chi connectivity index (χ2n) is 8.95. The zero-order valence-electron chi connectivity index (χ0n) is 23.0. The Labute approximate surface area is 233 Å². The molecule has 0 spiro atoms. The summed E-state index contributed by atoms with van der Waals surface area (Å²) >= 11 is -0.354. The normalized spacial score (nSPS) is 12.2. The Kier molecular flexibility index (Phi) is 20.3. The van der Waals surface area contributed by atoms with Crippen molar-refractivity contribution < 1.29 is 15.1 Å². The van der Waals surface area contributed by atoms with Crippen molar-refractivity contribution in [3.05, 3.63) is 88.9 Å². The monoisotopic (exact) mass is 544 g/mol. The molecule has 0 bridgehead atoms. The summed E-state index contributed by atoms with van der Waals surface area (Å²) in [6.45, 7) is 9.10. The van der Waals surface area contributed by atoms with Gasteiger partial charge in [-0.05, 0) is 0 Å². The molecule has 4 heteroatoms. The molecule has 0 saturated heterocycles. The molecule has 36 heavy (non-hydrogen) atoms. The fourth-order valence-corrected chi connectivity index (χ4v) is 4.46. The summed E-state index contributed by atoms with van der Waals surface area (Å²) in [6, 6.07) is 20.2. The Hall–Kier alpha value is -1.61. The van der Waals surface area contributed by atoms with Crippen LogP contribution in [0.15, 0.2) is 81.3 Å². The maximum atomic E-state index is 5.46. The minimum absolute atomic E-state index is 0.354. The summed E-state index contributed by atoms with van der Waals surface area (Å²) in [4.78, 5) is 0. The Balaban J connectivity index is 0.000000600. The molecule has 2 aromatic rings. The van der Waals surface area contributed by atoms with E-state index in [1.165, 1.54) is 68.2 Å². The van der Waals surface area contributed by atoms with E-state index in [4.69, 9.17) is 15.2 Å². The molecule has 198 valence electrons. The minimum atomic E-state index is -0.354. The molecule has 0 aliphatic heterocycles. The molecule has 0 atom stereocenters. The SMILES string of the molecule is CCCC[C-]=C(CCCC)/C(CCCC)=C(/CCCC)[N-]c1ccccc1.[Cl][V]=[N]c1ccccc1. The third-order valence-electron chi connectivity index (χ3n) is 5.84. The van der Waals surface area contributed by atoms with Crippen LogP contribution in [-0.2, 0) is 15.1 Å². The van der Waals surface area contributed by atoms with Crippen LogP contribution in [0, 0.1) is 6.08 Å². The van der Waals surface area contributed by atoms with Gasteiger partial charge < -0.3 is 5.32 Å². The summed E-state index contributed by atoms with van der Waals surface area (Å²) in [6.07, 6.45) is 18.1. The first-order valence-electron chi connectivity index (χ1n) is 13.9. The fraction of sp³-hybridized carbons (Fsp3) is 0.500. The van der Waals surface area contributed by atoms with E-state index < -0.39 is 0 Å². The number of unbranched alkanes of at least 4 members (excludes halogenated alkanes) is 5. The number of para-hydroxylation sites is 1. The zero-order chi connectivity index (χ0) is 26.3. The van der Waals surface area contributed by atoms with Gasteiger partial charge >= 0.3 is 64.8 Å². The van der Waals surface area contributed by atoms with Gasteiger partial charge in [-0.25, -0.2) is 16.8 Å². The number of rotatable bonds is 16. The van der Waals surface area contributed by atoms with Crippen molar-refractivity contribution in [3.8, 4) is 0 Å². The summed E-state index contributed by atoms with van der Waals surface area (Å²) in [5, 5.41) is 5.13. The van der Waals surface area contributed by atoms with E-state index in [0.29, 0.717) is 0 Å². The summed E-state index contributed by atoms with van der Waals surface area (Å²) in [5.41, 5.74) is 6.34. The maximum absolute atomic E-state index is 5.46.